The molecule has 0 atom stereocenters. The Morgan fingerprint density at radius 3 is 2.14 bits per heavy atom. The summed E-state index contributed by atoms with van der Waals surface area (Å²) in [5.41, 5.74) is -0.347. The summed E-state index contributed by atoms with van der Waals surface area (Å²) in [5, 5.41) is 29.5. The van der Waals surface area contributed by atoms with Crippen molar-refractivity contribution >= 4 is 11.0 Å². The molecule has 7 heteroatoms. The van der Waals surface area contributed by atoms with Crippen LogP contribution >= 0.6 is 0 Å². The van der Waals surface area contributed by atoms with Gasteiger partial charge in [-0.05, 0) is 45.9 Å². The van der Waals surface area contributed by atoms with Crippen molar-refractivity contribution in [1.29, 1.82) is 0 Å². The Bertz CT molecular complexity index is 1080. The Morgan fingerprint density at radius 2 is 1.50 bits per heavy atom. The number of fused-ring (bicyclic) bond motifs is 1. The largest absolute Gasteiger partial charge is 0.507 e. The lowest BCUT2D eigenvalue weighted by molar-refractivity contribution is 0.199. The van der Waals surface area contributed by atoms with Gasteiger partial charge in [-0.3, -0.25) is 4.79 Å². The quantitative estimate of drug-likeness (QED) is 0.446. The van der Waals surface area contributed by atoms with Gasteiger partial charge in [0.25, 0.3) is 0 Å². The fourth-order valence-electron chi connectivity index (χ4n) is 2.79. The summed E-state index contributed by atoms with van der Waals surface area (Å²) >= 11 is 0. The first-order valence-electron chi connectivity index (χ1n) is 8.86. The molecule has 2 aromatic carbocycles. The lowest BCUT2D eigenvalue weighted by Crippen LogP contribution is -2.11. The van der Waals surface area contributed by atoms with Gasteiger partial charge in [0.2, 0.25) is 5.75 Å². The van der Waals surface area contributed by atoms with Crippen LogP contribution in [0.5, 0.6) is 28.7 Å². The maximum atomic E-state index is 12.5. The molecule has 0 fully saturated rings. The molecule has 7 nitrogen and oxygen atoms in total. The predicted octanol–water partition coefficient (Wildman–Crippen LogP) is 4.15. The highest BCUT2D eigenvalue weighted by Gasteiger charge is 2.19. The first-order valence-corrected chi connectivity index (χ1v) is 8.86. The zero-order valence-corrected chi connectivity index (χ0v) is 16.0. The van der Waals surface area contributed by atoms with E-state index < -0.39 is 22.7 Å². The van der Waals surface area contributed by atoms with Crippen molar-refractivity contribution < 1.29 is 29.2 Å². The molecule has 1 aromatic heterocycles. The molecule has 0 bridgehead atoms. The average molecular weight is 386 g/mol. The van der Waals surface area contributed by atoms with Gasteiger partial charge in [0.1, 0.15) is 16.9 Å². The van der Waals surface area contributed by atoms with Crippen LogP contribution in [0, 0.1) is 0 Å². The van der Waals surface area contributed by atoms with Crippen LogP contribution in [-0.4, -0.2) is 27.5 Å². The molecule has 0 saturated carbocycles. The maximum absolute atomic E-state index is 12.5. The topological polar surface area (TPSA) is 109 Å². The molecule has 3 aromatic rings. The minimum Gasteiger partial charge on any atom is -0.507 e. The summed E-state index contributed by atoms with van der Waals surface area (Å²) in [5.74, 6) is -0.516. The van der Waals surface area contributed by atoms with Crippen molar-refractivity contribution in [1.82, 2.24) is 0 Å². The average Bonchev–Trinajstić information content (AvgIpc) is 2.59. The Labute approximate surface area is 161 Å². The summed E-state index contributed by atoms with van der Waals surface area (Å²) in [4.78, 5) is 12.5. The molecule has 28 heavy (non-hydrogen) atoms. The first kappa shape index (κ1) is 19.4. The van der Waals surface area contributed by atoms with Crippen LogP contribution in [0.2, 0.25) is 0 Å². The second kappa shape index (κ2) is 7.34. The van der Waals surface area contributed by atoms with Crippen LogP contribution in [0.4, 0.5) is 0 Å². The van der Waals surface area contributed by atoms with Gasteiger partial charge in [-0.1, -0.05) is 0 Å². The summed E-state index contributed by atoms with van der Waals surface area (Å²) in [6.07, 6.45) is -0.159. The van der Waals surface area contributed by atoms with Gasteiger partial charge < -0.3 is 29.2 Å². The monoisotopic (exact) mass is 386 g/mol. The van der Waals surface area contributed by atoms with Crippen molar-refractivity contribution in [3.05, 3.63) is 40.6 Å². The van der Waals surface area contributed by atoms with Crippen LogP contribution in [0.15, 0.2) is 39.5 Å². The van der Waals surface area contributed by atoms with E-state index in [0.717, 1.165) is 6.07 Å². The number of rotatable bonds is 5. The van der Waals surface area contributed by atoms with Gasteiger partial charge in [0.05, 0.1) is 12.2 Å². The highest BCUT2D eigenvalue weighted by molar-refractivity contribution is 5.91. The molecule has 0 spiro atoms. The molecule has 0 aliphatic heterocycles. The summed E-state index contributed by atoms with van der Waals surface area (Å²) in [7, 11) is 0. The number of benzene rings is 2. The second-order valence-electron chi connectivity index (χ2n) is 6.94. The Balaban J connectivity index is 2.19. The van der Waals surface area contributed by atoms with E-state index in [2.05, 4.69) is 0 Å². The van der Waals surface area contributed by atoms with Crippen LogP contribution in [0.1, 0.15) is 27.7 Å². The molecule has 148 valence electrons. The number of phenols is 3. The van der Waals surface area contributed by atoms with Crippen molar-refractivity contribution in [2.75, 3.05) is 0 Å². The molecule has 0 unspecified atom stereocenters. The Morgan fingerprint density at radius 1 is 0.857 bits per heavy atom. The predicted molar refractivity (Wildman–Crippen MR) is 104 cm³/mol. The van der Waals surface area contributed by atoms with Crippen LogP contribution in [0.25, 0.3) is 22.3 Å². The third kappa shape index (κ3) is 3.69. The summed E-state index contributed by atoms with van der Waals surface area (Å²) < 4.78 is 17.2. The Kier molecular flexibility index (Phi) is 5.09. The number of hydrogen-bond acceptors (Lipinski definition) is 7. The zero-order chi connectivity index (χ0) is 20.6. The second-order valence-corrected chi connectivity index (χ2v) is 6.94. The van der Waals surface area contributed by atoms with Crippen LogP contribution in [0.3, 0.4) is 0 Å². The Hall–Kier alpha value is -3.35. The molecular weight excluding hydrogens is 364 g/mol. The fourth-order valence-corrected chi connectivity index (χ4v) is 2.79. The number of ether oxygens (including phenoxy) is 2. The highest BCUT2D eigenvalue weighted by Crippen LogP contribution is 2.40. The minimum absolute atomic E-state index is 0.0538. The molecule has 3 rings (SSSR count). The van der Waals surface area contributed by atoms with E-state index in [0.29, 0.717) is 17.1 Å². The van der Waals surface area contributed by atoms with E-state index in [1.54, 1.807) is 18.2 Å². The van der Waals surface area contributed by atoms with Gasteiger partial charge in [-0.2, -0.15) is 0 Å². The highest BCUT2D eigenvalue weighted by atomic mass is 16.5. The SMILES string of the molecule is CC(C)Oc1ccc(-c2cc(=O)c3c(O)cc(O)c(O)c3o2)cc1OC(C)C. The summed E-state index contributed by atoms with van der Waals surface area (Å²) in [6, 6.07) is 7.16. The van der Waals surface area contributed by atoms with Gasteiger partial charge in [-0.25, -0.2) is 0 Å². The van der Waals surface area contributed by atoms with Crippen molar-refractivity contribution in [2.45, 2.75) is 39.9 Å². The van der Waals surface area contributed by atoms with E-state index in [1.165, 1.54) is 6.07 Å². The van der Waals surface area contributed by atoms with Crippen molar-refractivity contribution in [2.24, 2.45) is 0 Å². The standard InChI is InChI=1S/C21H22O7/c1-10(2)26-16-6-5-12(7-18(16)27-11(3)4)17-9-14(23)19-13(22)8-15(24)20(25)21(19)28-17/h5-11,22,24-25H,1-4H3. The normalized spacial score (nSPS) is 11.4. The summed E-state index contributed by atoms with van der Waals surface area (Å²) in [6.45, 7) is 7.56. The number of hydrogen-bond donors (Lipinski definition) is 3. The number of phenolic OH excluding ortho intramolecular Hbond substituents is 3. The molecule has 0 saturated heterocycles. The number of aromatic hydroxyl groups is 3. The maximum Gasteiger partial charge on any atom is 0.202 e. The third-order valence-electron chi connectivity index (χ3n) is 3.89. The first-order chi connectivity index (χ1) is 13.2. The van der Waals surface area contributed by atoms with E-state index in [4.69, 9.17) is 13.9 Å². The van der Waals surface area contributed by atoms with E-state index >= 15 is 0 Å². The lowest BCUT2D eigenvalue weighted by Gasteiger charge is -2.18. The molecule has 0 aliphatic carbocycles. The smallest absolute Gasteiger partial charge is 0.202 e. The van der Waals surface area contributed by atoms with Gasteiger partial charge in [0.15, 0.2) is 28.3 Å². The minimum atomic E-state index is -0.620. The molecule has 1 heterocycles. The molecule has 0 radical (unpaired) electrons. The van der Waals surface area contributed by atoms with Crippen molar-refractivity contribution in [3.63, 3.8) is 0 Å². The zero-order valence-electron chi connectivity index (χ0n) is 16.0. The molecule has 3 N–H and O–H groups in total. The van der Waals surface area contributed by atoms with Crippen LogP contribution in [-0.2, 0) is 0 Å². The third-order valence-corrected chi connectivity index (χ3v) is 3.89. The molecule has 0 aliphatic rings. The lowest BCUT2D eigenvalue weighted by atomic mass is 10.1. The fraction of sp³-hybridized carbons (Fsp3) is 0.286. The molecular formula is C21H22O7. The van der Waals surface area contributed by atoms with E-state index in [9.17, 15) is 20.1 Å². The van der Waals surface area contributed by atoms with E-state index in [1.807, 2.05) is 27.7 Å². The van der Waals surface area contributed by atoms with E-state index in [-0.39, 0.29) is 28.9 Å². The molecule has 0 amide bonds. The van der Waals surface area contributed by atoms with Gasteiger partial charge >= 0.3 is 0 Å². The van der Waals surface area contributed by atoms with Gasteiger partial charge in [-0.15, -0.1) is 0 Å². The van der Waals surface area contributed by atoms with Gasteiger partial charge in [0, 0.05) is 17.7 Å². The van der Waals surface area contributed by atoms with Crippen molar-refractivity contribution in [3.8, 4) is 40.1 Å². The van der Waals surface area contributed by atoms with Crippen LogP contribution < -0.4 is 14.9 Å².